The van der Waals surface area contributed by atoms with Crippen molar-refractivity contribution < 1.29 is 24.2 Å². The summed E-state index contributed by atoms with van der Waals surface area (Å²) in [4.78, 5) is 41.1. The van der Waals surface area contributed by atoms with Crippen LogP contribution in [-0.4, -0.2) is 51.0 Å². The molecule has 0 aliphatic carbocycles. The summed E-state index contributed by atoms with van der Waals surface area (Å²) in [6, 6.07) is 1.88. The van der Waals surface area contributed by atoms with Crippen molar-refractivity contribution in [2.45, 2.75) is 45.3 Å². The van der Waals surface area contributed by atoms with Gasteiger partial charge in [-0.2, -0.15) is 0 Å². The van der Waals surface area contributed by atoms with Gasteiger partial charge in [0, 0.05) is 12.7 Å². The highest BCUT2D eigenvalue weighted by Crippen LogP contribution is 2.23. The second-order valence-corrected chi connectivity index (χ2v) is 6.42. The standard InChI is InChI=1S/C16H20N2O5/c1-16(2,3)23-15(22)12-5-4-8-18(12)13(19)11-9-10(14(20)21)6-7-17-11/h6-7,9,12H,4-5,8H2,1-3H3,(H,20,21)/t12-/m1/s1. The van der Waals surface area contributed by atoms with E-state index in [0.717, 1.165) is 0 Å². The van der Waals surface area contributed by atoms with Gasteiger partial charge in [0.2, 0.25) is 0 Å². The van der Waals surface area contributed by atoms with Gasteiger partial charge in [0.1, 0.15) is 17.3 Å². The minimum Gasteiger partial charge on any atom is -0.478 e. The molecule has 124 valence electrons. The first-order valence-corrected chi connectivity index (χ1v) is 7.42. The number of hydrogen-bond acceptors (Lipinski definition) is 5. The fourth-order valence-corrected chi connectivity index (χ4v) is 2.45. The Morgan fingerprint density at radius 3 is 2.65 bits per heavy atom. The molecule has 7 nitrogen and oxygen atoms in total. The smallest absolute Gasteiger partial charge is 0.335 e. The van der Waals surface area contributed by atoms with Crippen molar-refractivity contribution in [1.29, 1.82) is 0 Å². The van der Waals surface area contributed by atoms with Crippen molar-refractivity contribution in [3.05, 3.63) is 29.6 Å². The van der Waals surface area contributed by atoms with Crippen LogP contribution >= 0.6 is 0 Å². The summed E-state index contributed by atoms with van der Waals surface area (Å²) in [5.41, 5.74) is -0.632. The number of carbonyl (C=O) groups excluding carboxylic acids is 2. The number of likely N-dealkylation sites (tertiary alicyclic amines) is 1. The van der Waals surface area contributed by atoms with Crippen LogP contribution in [0.3, 0.4) is 0 Å². The third-order valence-corrected chi connectivity index (χ3v) is 3.42. The van der Waals surface area contributed by atoms with Crippen molar-refractivity contribution in [1.82, 2.24) is 9.88 Å². The van der Waals surface area contributed by atoms with Crippen molar-refractivity contribution in [2.75, 3.05) is 6.54 Å². The first kappa shape index (κ1) is 16.9. The van der Waals surface area contributed by atoms with Crippen molar-refractivity contribution in [2.24, 2.45) is 0 Å². The van der Waals surface area contributed by atoms with E-state index in [1.807, 2.05) is 0 Å². The monoisotopic (exact) mass is 320 g/mol. The lowest BCUT2D eigenvalue weighted by atomic mass is 10.1. The van der Waals surface area contributed by atoms with Crippen molar-refractivity contribution in [3.63, 3.8) is 0 Å². The summed E-state index contributed by atoms with van der Waals surface area (Å²) in [6.07, 6.45) is 2.49. The number of aromatic carboxylic acids is 1. The van der Waals surface area contributed by atoms with Crippen LogP contribution in [0.25, 0.3) is 0 Å². The van der Waals surface area contributed by atoms with Gasteiger partial charge >= 0.3 is 11.9 Å². The van der Waals surface area contributed by atoms with Crippen LogP contribution in [0.4, 0.5) is 0 Å². The summed E-state index contributed by atoms with van der Waals surface area (Å²) in [5.74, 6) is -2.04. The number of amides is 1. The van der Waals surface area contributed by atoms with Gasteiger partial charge in [-0.15, -0.1) is 0 Å². The molecule has 2 heterocycles. The van der Waals surface area contributed by atoms with Crippen LogP contribution in [0.15, 0.2) is 18.3 Å². The van der Waals surface area contributed by atoms with Crippen molar-refractivity contribution in [3.8, 4) is 0 Å². The first-order chi connectivity index (χ1) is 10.7. The summed E-state index contributed by atoms with van der Waals surface area (Å²) in [6.45, 7) is 5.72. The molecule has 1 N–H and O–H groups in total. The number of aromatic nitrogens is 1. The summed E-state index contributed by atoms with van der Waals surface area (Å²) < 4.78 is 5.35. The minimum atomic E-state index is -1.13. The van der Waals surface area contributed by atoms with Crippen LogP contribution in [-0.2, 0) is 9.53 Å². The quantitative estimate of drug-likeness (QED) is 0.852. The molecule has 1 amide bonds. The van der Waals surface area contributed by atoms with E-state index in [4.69, 9.17) is 9.84 Å². The Morgan fingerprint density at radius 2 is 2.04 bits per heavy atom. The molecule has 1 saturated heterocycles. The Morgan fingerprint density at radius 1 is 1.35 bits per heavy atom. The van der Waals surface area contributed by atoms with Gasteiger partial charge < -0.3 is 14.7 Å². The average molecular weight is 320 g/mol. The SMILES string of the molecule is CC(C)(C)OC(=O)[C@H]1CCCN1C(=O)c1cc(C(=O)O)ccn1. The Bertz CT molecular complexity index is 636. The van der Waals surface area contributed by atoms with Gasteiger partial charge in [0.15, 0.2) is 0 Å². The molecule has 1 fully saturated rings. The molecule has 7 heteroatoms. The van der Waals surface area contributed by atoms with E-state index in [2.05, 4.69) is 4.98 Å². The third-order valence-electron chi connectivity index (χ3n) is 3.42. The molecule has 0 unspecified atom stereocenters. The van der Waals surface area contributed by atoms with Gasteiger partial charge in [-0.05, 0) is 45.7 Å². The van der Waals surface area contributed by atoms with E-state index < -0.39 is 29.5 Å². The van der Waals surface area contributed by atoms with E-state index in [1.165, 1.54) is 23.2 Å². The number of carboxylic acid groups (broad SMARTS) is 1. The second-order valence-electron chi connectivity index (χ2n) is 6.42. The first-order valence-electron chi connectivity index (χ1n) is 7.42. The summed E-state index contributed by atoms with van der Waals surface area (Å²) >= 11 is 0. The molecule has 1 atom stereocenters. The number of nitrogens with zero attached hydrogens (tertiary/aromatic N) is 2. The maximum absolute atomic E-state index is 12.6. The molecular weight excluding hydrogens is 300 g/mol. The predicted molar refractivity (Wildman–Crippen MR) is 81.1 cm³/mol. The predicted octanol–water partition coefficient (Wildman–Crippen LogP) is 1.73. The Balaban J connectivity index is 2.19. The topological polar surface area (TPSA) is 96.8 Å². The number of rotatable bonds is 3. The van der Waals surface area contributed by atoms with E-state index >= 15 is 0 Å². The van der Waals surface area contributed by atoms with Gasteiger partial charge in [0.05, 0.1) is 5.56 Å². The molecule has 23 heavy (non-hydrogen) atoms. The lowest BCUT2D eigenvalue weighted by Crippen LogP contribution is -2.43. The van der Waals surface area contributed by atoms with Crippen LogP contribution in [0.1, 0.15) is 54.5 Å². The average Bonchev–Trinajstić information content (AvgIpc) is 2.94. The van der Waals surface area contributed by atoms with Gasteiger partial charge in [0.25, 0.3) is 5.91 Å². The van der Waals surface area contributed by atoms with Crippen LogP contribution in [0.5, 0.6) is 0 Å². The minimum absolute atomic E-state index is 0.0142. The maximum Gasteiger partial charge on any atom is 0.335 e. The normalized spacial score (nSPS) is 17.9. The zero-order valence-corrected chi connectivity index (χ0v) is 13.4. The van der Waals surface area contributed by atoms with Crippen molar-refractivity contribution >= 4 is 17.8 Å². The summed E-state index contributed by atoms with van der Waals surface area (Å²) in [7, 11) is 0. The molecule has 0 saturated carbocycles. The largest absolute Gasteiger partial charge is 0.478 e. The highest BCUT2D eigenvalue weighted by molar-refractivity contribution is 5.98. The lowest BCUT2D eigenvalue weighted by Gasteiger charge is -2.27. The molecule has 1 aromatic rings. The number of hydrogen-bond donors (Lipinski definition) is 1. The number of ether oxygens (including phenoxy) is 1. The lowest BCUT2D eigenvalue weighted by molar-refractivity contribution is -0.159. The zero-order chi connectivity index (χ0) is 17.2. The van der Waals surface area contributed by atoms with Gasteiger partial charge in [-0.25, -0.2) is 9.59 Å². The Hall–Kier alpha value is -2.44. The molecule has 0 bridgehead atoms. The van der Waals surface area contributed by atoms with Crippen LogP contribution in [0, 0.1) is 0 Å². The molecule has 0 radical (unpaired) electrons. The maximum atomic E-state index is 12.6. The molecule has 0 aromatic carbocycles. The Kier molecular flexibility index (Phi) is 4.68. The second kappa shape index (κ2) is 6.36. The number of pyridine rings is 1. The number of carbonyl (C=O) groups is 3. The molecule has 1 aliphatic heterocycles. The molecule has 1 aromatic heterocycles. The van der Waals surface area contributed by atoms with Gasteiger partial charge in [-0.1, -0.05) is 0 Å². The van der Waals surface area contributed by atoms with E-state index in [9.17, 15) is 14.4 Å². The highest BCUT2D eigenvalue weighted by Gasteiger charge is 2.37. The van der Waals surface area contributed by atoms with E-state index in [0.29, 0.717) is 19.4 Å². The fraction of sp³-hybridized carbons (Fsp3) is 0.500. The zero-order valence-electron chi connectivity index (χ0n) is 13.4. The fourth-order valence-electron chi connectivity index (χ4n) is 2.45. The molecule has 2 rings (SSSR count). The van der Waals surface area contributed by atoms with E-state index in [1.54, 1.807) is 20.8 Å². The molecule has 0 spiro atoms. The Labute approximate surface area is 134 Å². The number of carboxylic acids is 1. The summed E-state index contributed by atoms with van der Waals surface area (Å²) in [5, 5.41) is 9.00. The van der Waals surface area contributed by atoms with E-state index in [-0.39, 0.29) is 11.3 Å². The van der Waals surface area contributed by atoms with Crippen LogP contribution < -0.4 is 0 Å². The van der Waals surface area contributed by atoms with Crippen LogP contribution in [0.2, 0.25) is 0 Å². The molecule has 1 aliphatic rings. The highest BCUT2D eigenvalue weighted by atomic mass is 16.6. The van der Waals surface area contributed by atoms with Gasteiger partial charge in [-0.3, -0.25) is 9.78 Å². The third kappa shape index (κ3) is 4.06. The molecular formula is C16H20N2O5. The number of esters is 1.